The van der Waals surface area contributed by atoms with E-state index < -0.39 is 0 Å². The Balaban J connectivity index is 1.71. The summed E-state index contributed by atoms with van der Waals surface area (Å²) in [5.41, 5.74) is 1.12. The second kappa shape index (κ2) is 6.52. The molecule has 2 heterocycles. The van der Waals surface area contributed by atoms with Crippen molar-refractivity contribution in [3.63, 3.8) is 0 Å². The highest BCUT2D eigenvalue weighted by Crippen LogP contribution is 2.35. The van der Waals surface area contributed by atoms with Gasteiger partial charge in [-0.3, -0.25) is 0 Å². The molecular formula is C15H21N3OS. The molecule has 0 saturated carbocycles. The molecule has 0 spiro atoms. The first-order chi connectivity index (χ1) is 9.90. The van der Waals surface area contributed by atoms with E-state index in [0.29, 0.717) is 6.04 Å². The fraction of sp³-hybridized carbons (Fsp3) is 0.533. The van der Waals surface area contributed by atoms with Crippen molar-refractivity contribution < 1.29 is 4.74 Å². The van der Waals surface area contributed by atoms with Gasteiger partial charge in [-0.05, 0) is 36.5 Å². The highest BCUT2D eigenvalue weighted by atomic mass is 32.1. The summed E-state index contributed by atoms with van der Waals surface area (Å²) in [5, 5.41) is 6.11. The number of ether oxygens (including phenoxy) is 1. The number of anilines is 1. The van der Waals surface area contributed by atoms with Gasteiger partial charge in [0.25, 0.3) is 0 Å². The number of rotatable bonds is 6. The van der Waals surface area contributed by atoms with E-state index in [0.717, 1.165) is 31.8 Å². The van der Waals surface area contributed by atoms with Crippen molar-refractivity contribution in [1.29, 1.82) is 0 Å². The second-order valence-corrected chi connectivity index (χ2v) is 5.94. The fourth-order valence-electron chi connectivity index (χ4n) is 2.84. The molecule has 0 bridgehead atoms. The number of fused-ring (bicyclic) bond motifs is 1. The monoisotopic (exact) mass is 291 g/mol. The maximum Gasteiger partial charge on any atom is 0.120 e. The van der Waals surface area contributed by atoms with Gasteiger partial charge < -0.3 is 15.0 Å². The van der Waals surface area contributed by atoms with Crippen LogP contribution in [-0.2, 0) is 4.74 Å². The Labute approximate surface area is 123 Å². The molecule has 1 saturated heterocycles. The lowest BCUT2D eigenvalue weighted by Gasteiger charge is -2.25. The minimum atomic E-state index is 0.579. The van der Waals surface area contributed by atoms with Gasteiger partial charge in [0, 0.05) is 38.2 Å². The summed E-state index contributed by atoms with van der Waals surface area (Å²) in [6.45, 7) is 3.86. The van der Waals surface area contributed by atoms with Crippen LogP contribution < -0.4 is 10.2 Å². The molecule has 1 aromatic heterocycles. The molecule has 3 rings (SSSR count). The minimum absolute atomic E-state index is 0.579. The zero-order valence-corrected chi connectivity index (χ0v) is 12.7. The van der Waals surface area contributed by atoms with Crippen LogP contribution in [0.25, 0.3) is 10.9 Å². The van der Waals surface area contributed by atoms with E-state index in [-0.39, 0.29) is 0 Å². The van der Waals surface area contributed by atoms with E-state index in [9.17, 15) is 0 Å². The molecule has 1 aliphatic rings. The molecule has 1 fully saturated rings. The van der Waals surface area contributed by atoms with Gasteiger partial charge in [-0.2, -0.15) is 4.37 Å². The molecule has 1 unspecified atom stereocenters. The molecule has 0 radical (unpaired) electrons. The first-order valence-corrected chi connectivity index (χ1v) is 7.98. The SMILES string of the molecule is COCCNCC1CCCN1c1snc2ccccc12. The van der Waals surface area contributed by atoms with Crippen LogP contribution in [0.2, 0.25) is 0 Å². The van der Waals surface area contributed by atoms with Gasteiger partial charge in [-0.25, -0.2) is 0 Å². The molecule has 1 aliphatic heterocycles. The predicted octanol–water partition coefficient (Wildman–Crippen LogP) is 2.50. The summed E-state index contributed by atoms with van der Waals surface area (Å²) in [7, 11) is 1.74. The molecule has 0 aliphatic carbocycles. The normalized spacial score (nSPS) is 19.1. The number of nitrogens with zero attached hydrogens (tertiary/aromatic N) is 2. The van der Waals surface area contributed by atoms with Crippen LogP contribution in [0.3, 0.4) is 0 Å². The third-order valence-electron chi connectivity index (χ3n) is 3.87. The summed E-state index contributed by atoms with van der Waals surface area (Å²) in [4.78, 5) is 2.53. The molecule has 5 heteroatoms. The Morgan fingerprint density at radius 2 is 2.35 bits per heavy atom. The maximum absolute atomic E-state index is 5.08. The van der Waals surface area contributed by atoms with Gasteiger partial charge in [-0.1, -0.05) is 12.1 Å². The smallest absolute Gasteiger partial charge is 0.120 e. The molecule has 0 amide bonds. The third kappa shape index (κ3) is 2.80. The van der Waals surface area contributed by atoms with Crippen LogP contribution in [0.5, 0.6) is 0 Å². The highest BCUT2D eigenvalue weighted by Gasteiger charge is 2.26. The van der Waals surface area contributed by atoms with E-state index in [1.165, 1.54) is 23.2 Å². The Morgan fingerprint density at radius 3 is 3.25 bits per heavy atom. The van der Waals surface area contributed by atoms with Crippen molar-refractivity contribution in [2.75, 3.05) is 38.3 Å². The second-order valence-electron chi connectivity index (χ2n) is 5.19. The number of benzene rings is 1. The number of hydrogen-bond acceptors (Lipinski definition) is 5. The molecular weight excluding hydrogens is 270 g/mol. The quantitative estimate of drug-likeness (QED) is 0.830. The van der Waals surface area contributed by atoms with Gasteiger partial charge in [-0.15, -0.1) is 0 Å². The van der Waals surface area contributed by atoms with Crippen LogP contribution in [0, 0.1) is 0 Å². The topological polar surface area (TPSA) is 37.4 Å². The van der Waals surface area contributed by atoms with Crippen molar-refractivity contribution in [2.45, 2.75) is 18.9 Å². The highest BCUT2D eigenvalue weighted by molar-refractivity contribution is 7.11. The van der Waals surface area contributed by atoms with Crippen LogP contribution in [0.15, 0.2) is 24.3 Å². The number of nitrogens with one attached hydrogen (secondary N) is 1. The van der Waals surface area contributed by atoms with E-state index >= 15 is 0 Å². The maximum atomic E-state index is 5.08. The average Bonchev–Trinajstić information content (AvgIpc) is 3.09. The van der Waals surface area contributed by atoms with Crippen LogP contribution in [0.1, 0.15) is 12.8 Å². The van der Waals surface area contributed by atoms with Crippen molar-refractivity contribution in [3.05, 3.63) is 24.3 Å². The lowest BCUT2D eigenvalue weighted by Crippen LogP contribution is -2.38. The number of methoxy groups -OCH3 is 1. The van der Waals surface area contributed by atoms with E-state index in [1.807, 2.05) is 0 Å². The molecule has 1 atom stereocenters. The van der Waals surface area contributed by atoms with Gasteiger partial charge in [0.2, 0.25) is 0 Å². The molecule has 20 heavy (non-hydrogen) atoms. The Morgan fingerprint density at radius 1 is 1.45 bits per heavy atom. The Kier molecular flexibility index (Phi) is 4.50. The number of hydrogen-bond donors (Lipinski definition) is 1. The standard InChI is InChI=1S/C15H21N3OS/c1-19-10-8-16-11-12-5-4-9-18(12)15-13-6-2-3-7-14(13)17-20-15/h2-3,6-7,12,16H,4-5,8-11H2,1H3. The van der Waals surface area contributed by atoms with Crippen molar-refractivity contribution >= 4 is 27.4 Å². The number of aromatic nitrogens is 1. The zero-order chi connectivity index (χ0) is 13.8. The average molecular weight is 291 g/mol. The van der Waals surface area contributed by atoms with E-state index in [4.69, 9.17) is 4.74 Å². The van der Waals surface area contributed by atoms with Crippen LogP contribution in [-0.4, -0.2) is 43.8 Å². The Hall–Kier alpha value is -1.17. The summed E-state index contributed by atoms with van der Waals surface area (Å²) in [6, 6.07) is 9.01. The van der Waals surface area contributed by atoms with Gasteiger partial charge >= 0.3 is 0 Å². The van der Waals surface area contributed by atoms with Crippen molar-refractivity contribution in [3.8, 4) is 0 Å². The lowest BCUT2D eigenvalue weighted by atomic mass is 10.2. The summed E-state index contributed by atoms with van der Waals surface area (Å²) in [5.74, 6) is 0. The zero-order valence-electron chi connectivity index (χ0n) is 11.8. The molecule has 1 N–H and O–H groups in total. The molecule has 4 nitrogen and oxygen atoms in total. The molecule has 108 valence electrons. The van der Waals surface area contributed by atoms with Gasteiger partial charge in [0.1, 0.15) is 5.00 Å². The summed E-state index contributed by atoms with van der Waals surface area (Å²) >= 11 is 1.63. The predicted molar refractivity (Wildman–Crippen MR) is 84.7 cm³/mol. The van der Waals surface area contributed by atoms with Gasteiger partial charge in [0.15, 0.2) is 0 Å². The minimum Gasteiger partial charge on any atom is -0.383 e. The summed E-state index contributed by atoms with van der Waals surface area (Å²) in [6.07, 6.45) is 2.52. The fourth-order valence-corrected chi connectivity index (χ4v) is 3.80. The van der Waals surface area contributed by atoms with Crippen molar-refractivity contribution in [1.82, 2.24) is 9.69 Å². The van der Waals surface area contributed by atoms with Crippen molar-refractivity contribution in [2.24, 2.45) is 0 Å². The van der Waals surface area contributed by atoms with E-state index in [2.05, 4.69) is 38.9 Å². The van der Waals surface area contributed by atoms with Gasteiger partial charge in [0.05, 0.1) is 12.1 Å². The van der Waals surface area contributed by atoms with Crippen LogP contribution in [0.4, 0.5) is 5.00 Å². The first kappa shape index (κ1) is 13.8. The molecule has 1 aromatic carbocycles. The third-order valence-corrected chi connectivity index (χ3v) is 4.78. The lowest BCUT2D eigenvalue weighted by molar-refractivity contribution is 0.199. The first-order valence-electron chi connectivity index (χ1n) is 7.21. The Bertz CT molecular complexity index is 557. The molecule has 2 aromatic rings. The van der Waals surface area contributed by atoms with E-state index in [1.54, 1.807) is 18.6 Å². The largest absolute Gasteiger partial charge is 0.383 e. The summed E-state index contributed by atoms with van der Waals surface area (Å²) < 4.78 is 9.65. The van der Waals surface area contributed by atoms with Crippen LogP contribution >= 0.6 is 11.5 Å².